The molecule has 1 aromatic rings. The Hall–Kier alpha value is -1.60. The average Bonchev–Trinajstić information content (AvgIpc) is 3.30. The minimum atomic E-state index is -0.0435. The Bertz CT molecular complexity index is 602. The van der Waals surface area contributed by atoms with Crippen LogP contribution in [0.3, 0.4) is 0 Å². The molecular weight excluding hydrogens is 332 g/mol. The quantitative estimate of drug-likeness (QED) is 0.653. The molecule has 7 nitrogen and oxygen atoms in total. The van der Waals surface area contributed by atoms with E-state index in [2.05, 4.69) is 42.9 Å². The summed E-state index contributed by atoms with van der Waals surface area (Å²) in [6, 6.07) is 0. The molecule has 0 spiro atoms. The van der Waals surface area contributed by atoms with E-state index in [1.165, 1.54) is 0 Å². The maximum atomic E-state index is 5.94. The lowest BCUT2D eigenvalue weighted by molar-refractivity contribution is -0.0817. The molecule has 3 heterocycles. The molecule has 2 fully saturated rings. The van der Waals surface area contributed by atoms with E-state index in [0.29, 0.717) is 19.0 Å². The van der Waals surface area contributed by atoms with Crippen molar-refractivity contribution in [2.75, 3.05) is 32.8 Å². The summed E-state index contributed by atoms with van der Waals surface area (Å²) in [6.45, 7) is 12.8. The first-order valence-electron chi connectivity index (χ1n) is 9.69. The SMILES string of the molecule is CCNC(=NCc1ncc(C(C)(C)C)o1)N1CCOC(C2CCCO2)C1. The van der Waals surface area contributed by atoms with Gasteiger partial charge in [-0.2, -0.15) is 0 Å². The number of guanidine groups is 1. The van der Waals surface area contributed by atoms with Crippen molar-refractivity contribution in [2.24, 2.45) is 4.99 Å². The number of ether oxygens (including phenoxy) is 2. The van der Waals surface area contributed by atoms with Gasteiger partial charge < -0.3 is 24.1 Å². The van der Waals surface area contributed by atoms with Crippen molar-refractivity contribution in [1.82, 2.24) is 15.2 Å². The molecule has 1 aromatic heterocycles. The third kappa shape index (κ3) is 4.76. The molecule has 0 aliphatic carbocycles. The fourth-order valence-electron chi connectivity index (χ4n) is 3.29. The van der Waals surface area contributed by atoms with Crippen molar-refractivity contribution in [3.63, 3.8) is 0 Å². The Balaban J connectivity index is 1.65. The summed E-state index contributed by atoms with van der Waals surface area (Å²) < 4.78 is 17.6. The number of aliphatic imine (C=N–C) groups is 1. The van der Waals surface area contributed by atoms with Crippen molar-refractivity contribution < 1.29 is 13.9 Å². The molecule has 2 aliphatic heterocycles. The molecule has 146 valence electrons. The van der Waals surface area contributed by atoms with E-state index in [-0.39, 0.29) is 17.6 Å². The van der Waals surface area contributed by atoms with Gasteiger partial charge in [-0.1, -0.05) is 20.8 Å². The zero-order valence-corrected chi connectivity index (χ0v) is 16.5. The second kappa shape index (κ2) is 8.39. The maximum absolute atomic E-state index is 5.94. The molecule has 0 amide bonds. The topological polar surface area (TPSA) is 72.1 Å². The van der Waals surface area contributed by atoms with Gasteiger partial charge in [0.2, 0.25) is 5.89 Å². The number of nitrogens with zero attached hydrogens (tertiary/aromatic N) is 3. The lowest BCUT2D eigenvalue weighted by Crippen LogP contribution is -2.53. The zero-order valence-electron chi connectivity index (χ0n) is 16.5. The van der Waals surface area contributed by atoms with E-state index in [0.717, 1.165) is 50.8 Å². The normalized spacial score (nSPS) is 24.9. The number of aromatic nitrogens is 1. The van der Waals surface area contributed by atoms with E-state index in [1.54, 1.807) is 6.20 Å². The monoisotopic (exact) mass is 364 g/mol. The Morgan fingerprint density at radius 3 is 2.77 bits per heavy atom. The minimum absolute atomic E-state index is 0.0435. The van der Waals surface area contributed by atoms with Crippen LogP contribution in [0.15, 0.2) is 15.6 Å². The number of oxazole rings is 1. The Kier molecular flexibility index (Phi) is 6.19. The largest absolute Gasteiger partial charge is 0.443 e. The highest BCUT2D eigenvalue weighted by atomic mass is 16.5. The fourth-order valence-corrected chi connectivity index (χ4v) is 3.29. The van der Waals surface area contributed by atoms with Gasteiger partial charge >= 0.3 is 0 Å². The lowest BCUT2D eigenvalue weighted by Gasteiger charge is -2.37. The molecule has 1 N–H and O–H groups in total. The zero-order chi connectivity index (χ0) is 18.6. The molecule has 3 rings (SSSR count). The summed E-state index contributed by atoms with van der Waals surface area (Å²) in [5.74, 6) is 2.42. The molecule has 2 saturated heterocycles. The van der Waals surface area contributed by atoms with E-state index in [9.17, 15) is 0 Å². The van der Waals surface area contributed by atoms with Gasteiger partial charge in [0.15, 0.2) is 5.96 Å². The third-order valence-corrected chi connectivity index (χ3v) is 4.76. The van der Waals surface area contributed by atoms with Crippen LogP contribution in [0.1, 0.15) is 52.2 Å². The molecule has 0 radical (unpaired) electrons. The molecule has 26 heavy (non-hydrogen) atoms. The summed E-state index contributed by atoms with van der Waals surface area (Å²) in [6.07, 6.45) is 4.34. The minimum Gasteiger partial charge on any atom is -0.443 e. The lowest BCUT2D eigenvalue weighted by atomic mass is 9.94. The van der Waals surface area contributed by atoms with Gasteiger partial charge in [0, 0.05) is 31.7 Å². The predicted octanol–water partition coefficient (Wildman–Crippen LogP) is 2.32. The highest BCUT2D eigenvalue weighted by Crippen LogP contribution is 2.23. The second-order valence-corrected chi connectivity index (χ2v) is 7.95. The number of morpholine rings is 1. The maximum Gasteiger partial charge on any atom is 0.216 e. The van der Waals surface area contributed by atoms with Crippen LogP contribution >= 0.6 is 0 Å². The van der Waals surface area contributed by atoms with Gasteiger partial charge in [-0.3, -0.25) is 0 Å². The summed E-state index contributed by atoms with van der Waals surface area (Å²) in [5, 5.41) is 3.38. The summed E-state index contributed by atoms with van der Waals surface area (Å²) in [7, 11) is 0. The van der Waals surface area contributed by atoms with E-state index in [1.807, 2.05) is 0 Å². The number of nitrogens with one attached hydrogen (secondary N) is 1. The summed E-state index contributed by atoms with van der Waals surface area (Å²) in [4.78, 5) is 11.4. The van der Waals surface area contributed by atoms with Crippen LogP contribution in [0, 0.1) is 0 Å². The number of rotatable bonds is 4. The average molecular weight is 364 g/mol. The summed E-state index contributed by atoms with van der Waals surface area (Å²) >= 11 is 0. The highest BCUT2D eigenvalue weighted by molar-refractivity contribution is 5.80. The van der Waals surface area contributed by atoms with Gasteiger partial charge in [0.25, 0.3) is 0 Å². The molecule has 2 aliphatic rings. The molecule has 7 heteroatoms. The van der Waals surface area contributed by atoms with E-state index >= 15 is 0 Å². The molecule has 0 aromatic carbocycles. The van der Waals surface area contributed by atoms with Crippen molar-refractivity contribution in [1.29, 1.82) is 0 Å². The Morgan fingerprint density at radius 1 is 1.31 bits per heavy atom. The van der Waals surface area contributed by atoms with Crippen LogP contribution in [0.5, 0.6) is 0 Å². The van der Waals surface area contributed by atoms with Crippen molar-refractivity contribution in [3.05, 3.63) is 17.8 Å². The molecule has 2 unspecified atom stereocenters. The van der Waals surface area contributed by atoms with Crippen LogP contribution < -0.4 is 5.32 Å². The van der Waals surface area contributed by atoms with Crippen molar-refractivity contribution >= 4 is 5.96 Å². The van der Waals surface area contributed by atoms with Gasteiger partial charge in [0.05, 0.1) is 18.9 Å². The first-order chi connectivity index (χ1) is 12.5. The van der Waals surface area contributed by atoms with Crippen LogP contribution in [-0.4, -0.2) is 60.9 Å². The molecular formula is C19H32N4O3. The fraction of sp³-hybridized carbons (Fsp3) is 0.789. The van der Waals surface area contributed by atoms with E-state index in [4.69, 9.17) is 18.9 Å². The predicted molar refractivity (Wildman–Crippen MR) is 100 cm³/mol. The molecule has 2 atom stereocenters. The Morgan fingerprint density at radius 2 is 2.12 bits per heavy atom. The summed E-state index contributed by atoms with van der Waals surface area (Å²) in [5.41, 5.74) is -0.0435. The van der Waals surface area contributed by atoms with Crippen LogP contribution in [0.2, 0.25) is 0 Å². The number of hydrogen-bond acceptors (Lipinski definition) is 5. The molecule has 0 saturated carbocycles. The first kappa shape index (κ1) is 19.2. The standard InChI is InChI=1S/C19H32N4O3/c1-5-20-18(22-12-17-21-11-16(26-17)19(2,3)4)23-8-10-25-15(13-23)14-7-6-9-24-14/h11,14-15H,5-10,12-13H2,1-4H3,(H,20,22). The van der Waals surface area contributed by atoms with Gasteiger partial charge in [-0.05, 0) is 19.8 Å². The number of hydrogen-bond donors (Lipinski definition) is 1. The van der Waals surface area contributed by atoms with Gasteiger partial charge in [0.1, 0.15) is 18.4 Å². The first-order valence-corrected chi connectivity index (χ1v) is 9.69. The third-order valence-electron chi connectivity index (χ3n) is 4.76. The van der Waals surface area contributed by atoms with Crippen molar-refractivity contribution in [3.8, 4) is 0 Å². The Labute approximate surface area is 156 Å². The highest BCUT2D eigenvalue weighted by Gasteiger charge is 2.32. The van der Waals surface area contributed by atoms with E-state index < -0.39 is 0 Å². The van der Waals surface area contributed by atoms with Crippen LogP contribution in [0.25, 0.3) is 0 Å². The second-order valence-electron chi connectivity index (χ2n) is 7.95. The smallest absolute Gasteiger partial charge is 0.216 e. The van der Waals surface area contributed by atoms with Crippen LogP contribution in [-0.2, 0) is 21.4 Å². The van der Waals surface area contributed by atoms with Crippen LogP contribution in [0.4, 0.5) is 0 Å². The molecule has 0 bridgehead atoms. The van der Waals surface area contributed by atoms with Crippen molar-refractivity contribution in [2.45, 2.75) is 64.7 Å². The van der Waals surface area contributed by atoms with Gasteiger partial charge in [-0.15, -0.1) is 0 Å². The van der Waals surface area contributed by atoms with Gasteiger partial charge in [-0.25, -0.2) is 9.98 Å².